The molecule has 0 amide bonds. The van der Waals surface area contributed by atoms with Gasteiger partial charge in [-0.25, -0.2) is 4.39 Å². The Morgan fingerprint density at radius 2 is 1.89 bits per heavy atom. The van der Waals surface area contributed by atoms with Crippen LogP contribution in [0.1, 0.15) is 11.1 Å². The van der Waals surface area contributed by atoms with E-state index in [0.717, 1.165) is 11.1 Å². The molecule has 2 N–H and O–H groups in total. The standard InChI is InChI=1S/C14H11BrFNOS/c1-8-6-9(14(17)19)2-4-12(8)18-13-5-3-10(16)7-11(13)15/h2-7H,1H3,(H2,17,19). The lowest BCUT2D eigenvalue weighted by atomic mass is 10.1. The van der Waals surface area contributed by atoms with E-state index >= 15 is 0 Å². The minimum Gasteiger partial charge on any atom is -0.456 e. The number of hydrogen-bond acceptors (Lipinski definition) is 2. The minimum absolute atomic E-state index is 0.320. The molecule has 0 saturated carbocycles. The van der Waals surface area contributed by atoms with Gasteiger partial charge in [0, 0.05) is 5.56 Å². The highest BCUT2D eigenvalue weighted by molar-refractivity contribution is 9.10. The van der Waals surface area contributed by atoms with E-state index < -0.39 is 0 Å². The highest BCUT2D eigenvalue weighted by atomic mass is 79.9. The van der Waals surface area contributed by atoms with Crippen molar-refractivity contribution in [2.45, 2.75) is 6.92 Å². The Bertz CT molecular complexity index is 645. The third kappa shape index (κ3) is 3.30. The molecule has 0 aliphatic carbocycles. The van der Waals surface area contributed by atoms with Gasteiger partial charge in [-0.05, 0) is 64.8 Å². The molecule has 98 valence electrons. The Kier molecular flexibility index (Phi) is 4.17. The zero-order valence-corrected chi connectivity index (χ0v) is 12.5. The lowest BCUT2D eigenvalue weighted by molar-refractivity contribution is 0.473. The van der Waals surface area contributed by atoms with Crippen LogP contribution in [0.4, 0.5) is 4.39 Å². The molecule has 0 saturated heterocycles. The van der Waals surface area contributed by atoms with Crippen molar-refractivity contribution in [3.05, 3.63) is 57.8 Å². The van der Waals surface area contributed by atoms with E-state index in [1.54, 1.807) is 18.2 Å². The van der Waals surface area contributed by atoms with E-state index in [9.17, 15) is 4.39 Å². The molecule has 2 aromatic carbocycles. The second-order valence-corrected chi connectivity index (χ2v) is 5.32. The van der Waals surface area contributed by atoms with Crippen molar-refractivity contribution in [1.29, 1.82) is 0 Å². The Morgan fingerprint density at radius 1 is 1.21 bits per heavy atom. The molecule has 0 spiro atoms. The van der Waals surface area contributed by atoms with Gasteiger partial charge in [0.25, 0.3) is 0 Å². The van der Waals surface area contributed by atoms with E-state index in [2.05, 4.69) is 15.9 Å². The average molecular weight is 340 g/mol. The van der Waals surface area contributed by atoms with Crippen LogP contribution in [0.25, 0.3) is 0 Å². The van der Waals surface area contributed by atoms with E-state index in [1.807, 2.05) is 13.0 Å². The Morgan fingerprint density at radius 3 is 2.47 bits per heavy atom. The first-order valence-corrected chi connectivity index (χ1v) is 6.71. The summed E-state index contributed by atoms with van der Waals surface area (Å²) in [4.78, 5) is 0.345. The molecule has 0 aliphatic heterocycles. The zero-order valence-electron chi connectivity index (χ0n) is 10.1. The maximum Gasteiger partial charge on any atom is 0.141 e. The van der Waals surface area contributed by atoms with Crippen LogP contribution in [0.15, 0.2) is 40.9 Å². The van der Waals surface area contributed by atoms with Crippen LogP contribution in [-0.2, 0) is 0 Å². The summed E-state index contributed by atoms with van der Waals surface area (Å²) in [5, 5.41) is 0. The number of hydrogen-bond donors (Lipinski definition) is 1. The molecule has 5 heteroatoms. The van der Waals surface area contributed by atoms with E-state index in [4.69, 9.17) is 22.7 Å². The number of thiocarbonyl (C=S) groups is 1. The molecule has 0 aliphatic rings. The van der Waals surface area contributed by atoms with Crippen LogP contribution in [0.2, 0.25) is 0 Å². The van der Waals surface area contributed by atoms with Crippen molar-refractivity contribution >= 4 is 33.1 Å². The van der Waals surface area contributed by atoms with Crippen molar-refractivity contribution in [2.24, 2.45) is 5.73 Å². The van der Waals surface area contributed by atoms with Crippen LogP contribution in [0, 0.1) is 12.7 Å². The smallest absolute Gasteiger partial charge is 0.141 e. The SMILES string of the molecule is Cc1cc(C(N)=S)ccc1Oc1ccc(F)cc1Br. The molecule has 0 unspecified atom stereocenters. The Hall–Kier alpha value is -1.46. The average Bonchev–Trinajstić information content (AvgIpc) is 2.34. The number of rotatable bonds is 3. The van der Waals surface area contributed by atoms with Crippen molar-refractivity contribution in [2.75, 3.05) is 0 Å². The maximum atomic E-state index is 13.0. The second-order valence-electron chi connectivity index (χ2n) is 4.02. The van der Waals surface area contributed by atoms with Crippen LogP contribution >= 0.6 is 28.1 Å². The molecule has 0 radical (unpaired) electrons. The van der Waals surface area contributed by atoms with Gasteiger partial charge in [0.2, 0.25) is 0 Å². The summed E-state index contributed by atoms with van der Waals surface area (Å²) < 4.78 is 19.3. The molecule has 2 rings (SSSR count). The normalized spacial score (nSPS) is 10.3. The molecule has 19 heavy (non-hydrogen) atoms. The summed E-state index contributed by atoms with van der Waals surface area (Å²) in [5.74, 6) is 0.902. The summed E-state index contributed by atoms with van der Waals surface area (Å²) in [6, 6.07) is 9.71. The summed E-state index contributed by atoms with van der Waals surface area (Å²) in [7, 11) is 0. The van der Waals surface area contributed by atoms with Crippen LogP contribution in [-0.4, -0.2) is 4.99 Å². The number of ether oxygens (including phenoxy) is 1. The first-order chi connectivity index (χ1) is 8.97. The predicted molar refractivity (Wildman–Crippen MR) is 81.2 cm³/mol. The van der Waals surface area contributed by atoms with Gasteiger partial charge in [-0.1, -0.05) is 12.2 Å². The van der Waals surface area contributed by atoms with Crippen molar-refractivity contribution in [3.63, 3.8) is 0 Å². The third-order valence-electron chi connectivity index (χ3n) is 2.57. The summed E-state index contributed by atoms with van der Waals surface area (Å²) >= 11 is 8.18. The van der Waals surface area contributed by atoms with Gasteiger partial charge in [0.15, 0.2) is 0 Å². The van der Waals surface area contributed by atoms with Crippen LogP contribution < -0.4 is 10.5 Å². The summed E-state index contributed by atoms with van der Waals surface area (Å²) in [6.45, 7) is 1.90. The van der Waals surface area contributed by atoms with Gasteiger partial charge < -0.3 is 10.5 Å². The van der Waals surface area contributed by atoms with Crippen LogP contribution in [0.3, 0.4) is 0 Å². The van der Waals surface area contributed by atoms with Crippen molar-refractivity contribution in [1.82, 2.24) is 0 Å². The number of benzene rings is 2. The number of aryl methyl sites for hydroxylation is 1. The van der Waals surface area contributed by atoms with Gasteiger partial charge in [0.05, 0.1) is 4.47 Å². The summed E-state index contributed by atoms with van der Waals surface area (Å²) in [6.07, 6.45) is 0. The van der Waals surface area contributed by atoms with E-state index in [0.29, 0.717) is 21.0 Å². The molecule has 0 bridgehead atoms. The van der Waals surface area contributed by atoms with Gasteiger partial charge in [-0.3, -0.25) is 0 Å². The van der Waals surface area contributed by atoms with E-state index in [-0.39, 0.29) is 5.82 Å². The molecule has 2 aromatic rings. The van der Waals surface area contributed by atoms with Gasteiger partial charge in [-0.15, -0.1) is 0 Å². The lowest BCUT2D eigenvalue weighted by Gasteiger charge is -2.11. The zero-order chi connectivity index (χ0) is 14.0. The molecular weight excluding hydrogens is 329 g/mol. The van der Waals surface area contributed by atoms with Crippen LogP contribution in [0.5, 0.6) is 11.5 Å². The Labute approximate surface area is 124 Å². The third-order valence-corrected chi connectivity index (χ3v) is 3.43. The first-order valence-electron chi connectivity index (χ1n) is 5.51. The fraction of sp³-hybridized carbons (Fsp3) is 0.0714. The van der Waals surface area contributed by atoms with Gasteiger partial charge >= 0.3 is 0 Å². The first kappa shape index (κ1) is 14.0. The minimum atomic E-state index is -0.320. The largest absolute Gasteiger partial charge is 0.456 e. The number of halogens is 2. The molecule has 0 heterocycles. The highest BCUT2D eigenvalue weighted by Crippen LogP contribution is 2.32. The van der Waals surface area contributed by atoms with E-state index in [1.165, 1.54) is 12.1 Å². The second kappa shape index (κ2) is 5.67. The van der Waals surface area contributed by atoms with Gasteiger partial charge in [0.1, 0.15) is 22.3 Å². The number of nitrogens with two attached hydrogens (primary N) is 1. The maximum absolute atomic E-state index is 13.0. The molecule has 0 aromatic heterocycles. The van der Waals surface area contributed by atoms with Crippen molar-refractivity contribution < 1.29 is 9.13 Å². The lowest BCUT2D eigenvalue weighted by Crippen LogP contribution is -2.09. The molecule has 2 nitrogen and oxygen atoms in total. The summed E-state index contributed by atoms with van der Waals surface area (Å²) in [5.41, 5.74) is 7.26. The fourth-order valence-corrected chi connectivity index (χ4v) is 2.15. The molecular formula is C14H11BrFNOS. The highest BCUT2D eigenvalue weighted by Gasteiger charge is 2.07. The molecule has 0 fully saturated rings. The fourth-order valence-electron chi connectivity index (χ4n) is 1.59. The predicted octanol–water partition coefficient (Wildman–Crippen LogP) is 4.32. The topological polar surface area (TPSA) is 35.2 Å². The monoisotopic (exact) mass is 339 g/mol. The van der Waals surface area contributed by atoms with Gasteiger partial charge in [-0.2, -0.15) is 0 Å². The van der Waals surface area contributed by atoms with Crippen molar-refractivity contribution in [3.8, 4) is 11.5 Å². The Balaban J connectivity index is 2.31. The quantitative estimate of drug-likeness (QED) is 0.845. The molecule has 0 atom stereocenters.